The van der Waals surface area contributed by atoms with Crippen LogP contribution >= 0.6 is 0 Å². The quantitative estimate of drug-likeness (QED) is 0.626. The number of nitrogens with zero attached hydrogens (tertiary/aromatic N) is 2. The highest BCUT2D eigenvalue weighted by molar-refractivity contribution is 5.78. The van der Waals surface area contributed by atoms with Crippen molar-refractivity contribution in [1.29, 1.82) is 0 Å². The summed E-state index contributed by atoms with van der Waals surface area (Å²) in [5.41, 5.74) is 1.47. The number of benzene rings is 2. The van der Waals surface area contributed by atoms with E-state index in [1.54, 1.807) is 19.2 Å². The standard InChI is InChI=1S/C19H19N3O4/c1-24-12-11-20-17(23)13-25-16-10-6-5-9-15(16)19-22-21-18(26-19)14-7-3-2-4-8-14/h2-10H,11-13H2,1H3,(H,20,23). The van der Waals surface area contributed by atoms with Gasteiger partial charge in [-0.2, -0.15) is 0 Å². The molecule has 1 aromatic heterocycles. The number of nitrogens with one attached hydrogen (secondary N) is 1. The zero-order valence-corrected chi connectivity index (χ0v) is 14.3. The molecular formula is C19H19N3O4. The van der Waals surface area contributed by atoms with Crippen molar-refractivity contribution in [3.63, 3.8) is 0 Å². The molecule has 26 heavy (non-hydrogen) atoms. The summed E-state index contributed by atoms with van der Waals surface area (Å²) in [5.74, 6) is 1.02. The molecule has 0 atom stereocenters. The van der Waals surface area contributed by atoms with Crippen LogP contribution in [0, 0.1) is 0 Å². The molecule has 0 aliphatic heterocycles. The van der Waals surface area contributed by atoms with Crippen LogP contribution in [0.15, 0.2) is 59.0 Å². The van der Waals surface area contributed by atoms with E-state index in [1.807, 2.05) is 42.5 Å². The molecule has 0 radical (unpaired) electrons. The Morgan fingerprint density at radius 3 is 2.58 bits per heavy atom. The molecule has 0 aliphatic carbocycles. The van der Waals surface area contributed by atoms with Crippen LogP contribution < -0.4 is 10.1 Å². The van der Waals surface area contributed by atoms with Crippen molar-refractivity contribution in [3.8, 4) is 28.7 Å². The molecule has 0 spiro atoms. The van der Waals surface area contributed by atoms with Gasteiger partial charge in [0.1, 0.15) is 5.75 Å². The highest BCUT2D eigenvalue weighted by atomic mass is 16.5. The molecule has 3 rings (SSSR count). The number of aromatic nitrogens is 2. The van der Waals surface area contributed by atoms with Gasteiger partial charge in [-0.15, -0.1) is 10.2 Å². The number of carbonyl (C=O) groups is 1. The number of ether oxygens (including phenoxy) is 2. The third kappa shape index (κ3) is 4.46. The number of carbonyl (C=O) groups excluding carboxylic acids is 1. The first-order chi connectivity index (χ1) is 12.8. The predicted molar refractivity (Wildman–Crippen MR) is 95.6 cm³/mol. The maximum atomic E-state index is 11.8. The molecule has 0 fully saturated rings. The van der Waals surface area contributed by atoms with Crippen LogP contribution in [0.4, 0.5) is 0 Å². The van der Waals surface area contributed by atoms with Gasteiger partial charge in [-0.25, -0.2) is 0 Å². The Bertz CT molecular complexity index is 849. The van der Waals surface area contributed by atoms with Gasteiger partial charge < -0.3 is 19.2 Å². The first-order valence-corrected chi connectivity index (χ1v) is 8.14. The Morgan fingerprint density at radius 1 is 1.04 bits per heavy atom. The van der Waals surface area contributed by atoms with Gasteiger partial charge in [0.15, 0.2) is 6.61 Å². The van der Waals surface area contributed by atoms with Crippen molar-refractivity contribution in [3.05, 3.63) is 54.6 Å². The van der Waals surface area contributed by atoms with Gasteiger partial charge in [0.2, 0.25) is 5.89 Å². The molecule has 7 heteroatoms. The summed E-state index contributed by atoms with van der Waals surface area (Å²) in [4.78, 5) is 11.8. The Balaban J connectivity index is 1.71. The smallest absolute Gasteiger partial charge is 0.258 e. The lowest BCUT2D eigenvalue weighted by Gasteiger charge is -2.09. The van der Waals surface area contributed by atoms with Gasteiger partial charge in [0.25, 0.3) is 11.8 Å². The summed E-state index contributed by atoms with van der Waals surface area (Å²) >= 11 is 0. The maximum Gasteiger partial charge on any atom is 0.258 e. The molecule has 0 unspecified atom stereocenters. The van der Waals surface area contributed by atoms with E-state index in [0.29, 0.717) is 36.2 Å². The summed E-state index contributed by atoms with van der Waals surface area (Å²) in [7, 11) is 1.58. The van der Waals surface area contributed by atoms with Crippen molar-refractivity contribution >= 4 is 5.91 Å². The third-order valence-electron chi connectivity index (χ3n) is 3.55. The molecule has 7 nitrogen and oxygen atoms in total. The van der Waals surface area contributed by atoms with Gasteiger partial charge in [-0.1, -0.05) is 30.3 Å². The fourth-order valence-corrected chi connectivity index (χ4v) is 2.29. The minimum atomic E-state index is -0.229. The van der Waals surface area contributed by atoms with E-state index in [4.69, 9.17) is 13.9 Å². The Labute approximate surface area is 151 Å². The van der Waals surface area contributed by atoms with Crippen molar-refractivity contribution in [1.82, 2.24) is 15.5 Å². The predicted octanol–water partition coefficient (Wildman–Crippen LogP) is 2.54. The SMILES string of the molecule is COCCNC(=O)COc1ccccc1-c1nnc(-c2ccccc2)o1. The van der Waals surface area contributed by atoms with E-state index in [1.165, 1.54) is 0 Å². The zero-order valence-electron chi connectivity index (χ0n) is 14.3. The van der Waals surface area contributed by atoms with E-state index in [2.05, 4.69) is 15.5 Å². The van der Waals surface area contributed by atoms with Gasteiger partial charge in [0, 0.05) is 19.2 Å². The average molecular weight is 353 g/mol. The van der Waals surface area contributed by atoms with Crippen molar-refractivity contribution < 1.29 is 18.7 Å². The number of amides is 1. The van der Waals surface area contributed by atoms with Gasteiger partial charge in [0.05, 0.1) is 12.2 Å². The molecule has 1 amide bonds. The lowest BCUT2D eigenvalue weighted by atomic mass is 10.2. The Morgan fingerprint density at radius 2 is 1.77 bits per heavy atom. The van der Waals surface area contributed by atoms with Gasteiger partial charge >= 0.3 is 0 Å². The molecule has 2 aromatic carbocycles. The summed E-state index contributed by atoms with van der Waals surface area (Å²) in [6.07, 6.45) is 0. The van der Waals surface area contributed by atoms with Crippen LogP contribution in [-0.4, -0.2) is 43.0 Å². The van der Waals surface area contributed by atoms with Gasteiger partial charge in [-0.3, -0.25) is 4.79 Å². The zero-order chi connectivity index (χ0) is 18.2. The van der Waals surface area contributed by atoms with E-state index >= 15 is 0 Å². The van der Waals surface area contributed by atoms with E-state index in [0.717, 1.165) is 5.56 Å². The summed E-state index contributed by atoms with van der Waals surface area (Å²) in [5, 5.41) is 10.9. The highest BCUT2D eigenvalue weighted by Crippen LogP contribution is 2.30. The highest BCUT2D eigenvalue weighted by Gasteiger charge is 2.15. The van der Waals surface area contributed by atoms with E-state index < -0.39 is 0 Å². The van der Waals surface area contributed by atoms with Crippen LogP contribution in [0.1, 0.15) is 0 Å². The second-order valence-electron chi connectivity index (χ2n) is 5.41. The molecule has 0 saturated heterocycles. The Hall–Kier alpha value is -3.19. The number of para-hydroxylation sites is 1. The minimum Gasteiger partial charge on any atom is -0.483 e. The first-order valence-electron chi connectivity index (χ1n) is 8.14. The number of rotatable bonds is 8. The topological polar surface area (TPSA) is 86.5 Å². The molecule has 134 valence electrons. The van der Waals surface area contributed by atoms with E-state index in [9.17, 15) is 4.79 Å². The molecular weight excluding hydrogens is 334 g/mol. The summed E-state index contributed by atoms with van der Waals surface area (Å²) < 4.78 is 16.3. The van der Waals surface area contributed by atoms with Gasteiger partial charge in [-0.05, 0) is 24.3 Å². The largest absolute Gasteiger partial charge is 0.483 e. The minimum absolute atomic E-state index is 0.111. The normalized spacial score (nSPS) is 10.5. The van der Waals surface area contributed by atoms with Crippen LogP contribution in [0.5, 0.6) is 5.75 Å². The third-order valence-corrected chi connectivity index (χ3v) is 3.55. The van der Waals surface area contributed by atoms with Crippen molar-refractivity contribution in [2.45, 2.75) is 0 Å². The maximum absolute atomic E-state index is 11.8. The van der Waals surface area contributed by atoms with Crippen molar-refractivity contribution in [2.24, 2.45) is 0 Å². The summed E-state index contributed by atoms with van der Waals surface area (Å²) in [6.45, 7) is 0.775. The fourth-order valence-electron chi connectivity index (χ4n) is 2.29. The average Bonchev–Trinajstić information content (AvgIpc) is 3.17. The first kappa shape index (κ1) is 17.6. The fraction of sp³-hybridized carbons (Fsp3) is 0.211. The molecule has 0 aliphatic rings. The van der Waals surface area contributed by atoms with E-state index in [-0.39, 0.29) is 12.5 Å². The molecule has 0 saturated carbocycles. The molecule has 1 heterocycles. The second kappa shape index (κ2) is 8.77. The lowest BCUT2D eigenvalue weighted by molar-refractivity contribution is -0.123. The molecule has 0 bridgehead atoms. The molecule has 3 aromatic rings. The van der Waals surface area contributed by atoms with Crippen molar-refractivity contribution in [2.75, 3.05) is 26.9 Å². The number of hydrogen-bond acceptors (Lipinski definition) is 6. The summed E-state index contributed by atoms with van der Waals surface area (Å²) in [6, 6.07) is 16.7. The lowest BCUT2D eigenvalue weighted by Crippen LogP contribution is -2.31. The van der Waals surface area contributed by atoms with Crippen LogP contribution in [0.25, 0.3) is 22.9 Å². The van der Waals surface area contributed by atoms with Crippen LogP contribution in [0.2, 0.25) is 0 Å². The number of hydrogen-bond donors (Lipinski definition) is 1. The second-order valence-corrected chi connectivity index (χ2v) is 5.41. The monoisotopic (exact) mass is 353 g/mol. The van der Waals surface area contributed by atoms with Crippen LogP contribution in [0.3, 0.4) is 0 Å². The Kier molecular flexibility index (Phi) is 5.95. The van der Waals surface area contributed by atoms with Crippen LogP contribution in [-0.2, 0) is 9.53 Å². The number of methoxy groups -OCH3 is 1. The molecule has 1 N–H and O–H groups in total.